The summed E-state index contributed by atoms with van der Waals surface area (Å²) in [7, 11) is 0. The molecule has 0 bridgehead atoms. The first-order valence-electron chi connectivity index (χ1n) is 5.64. The molecule has 0 aromatic rings. The van der Waals surface area contributed by atoms with Crippen LogP contribution in [0.15, 0.2) is 0 Å². The summed E-state index contributed by atoms with van der Waals surface area (Å²) in [5.41, 5.74) is 5.56. The van der Waals surface area contributed by atoms with Crippen LogP contribution in [0, 0.1) is 0 Å². The lowest BCUT2D eigenvalue weighted by Crippen LogP contribution is -2.51. The molecule has 14 heavy (non-hydrogen) atoms. The van der Waals surface area contributed by atoms with Gasteiger partial charge in [0.05, 0.1) is 0 Å². The number of piperazine rings is 1. The van der Waals surface area contributed by atoms with Crippen LogP contribution >= 0.6 is 11.8 Å². The molecule has 0 amide bonds. The lowest BCUT2D eigenvalue weighted by molar-refractivity contribution is 0.107. The molecule has 2 rings (SSSR count). The van der Waals surface area contributed by atoms with Crippen molar-refractivity contribution in [3.63, 3.8) is 0 Å². The molecule has 0 aromatic heterocycles. The Balaban J connectivity index is 1.72. The first-order chi connectivity index (χ1) is 6.90. The molecule has 2 heterocycles. The van der Waals surface area contributed by atoms with Gasteiger partial charge in [0.15, 0.2) is 0 Å². The normalized spacial score (nSPS) is 31.1. The number of hydrogen-bond acceptors (Lipinski definition) is 4. The van der Waals surface area contributed by atoms with Crippen LogP contribution in [0.5, 0.6) is 0 Å². The molecule has 0 radical (unpaired) electrons. The summed E-state index contributed by atoms with van der Waals surface area (Å²) in [5, 5.41) is 0. The van der Waals surface area contributed by atoms with Crippen LogP contribution in [0.25, 0.3) is 0 Å². The first kappa shape index (κ1) is 10.7. The molecule has 0 saturated carbocycles. The third-order valence-corrected chi connectivity index (χ3v) is 4.42. The highest BCUT2D eigenvalue weighted by Crippen LogP contribution is 2.22. The summed E-state index contributed by atoms with van der Waals surface area (Å²) in [6, 6.07) is 0.875. The highest BCUT2D eigenvalue weighted by molar-refractivity contribution is 7.99. The highest BCUT2D eigenvalue weighted by Gasteiger charge is 2.25. The zero-order valence-corrected chi connectivity index (χ0v) is 9.64. The molecular formula is C10H21N3S. The molecule has 2 aliphatic rings. The molecule has 3 nitrogen and oxygen atoms in total. The van der Waals surface area contributed by atoms with Crippen molar-refractivity contribution in [2.45, 2.75) is 12.5 Å². The van der Waals surface area contributed by atoms with Gasteiger partial charge in [-0.25, -0.2) is 0 Å². The number of rotatable bonds is 3. The first-order valence-corrected chi connectivity index (χ1v) is 6.80. The van der Waals surface area contributed by atoms with Gasteiger partial charge in [-0.15, -0.1) is 0 Å². The second-order valence-electron chi connectivity index (χ2n) is 4.18. The Labute approximate surface area is 91.0 Å². The predicted octanol–water partition coefficient (Wildman–Crippen LogP) is 0.0682. The van der Waals surface area contributed by atoms with E-state index in [9.17, 15) is 0 Å². The highest BCUT2D eigenvalue weighted by atomic mass is 32.2. The Morgan fingerprint density at radius 3 is 2.57 bits per heavy atom. The molecule has 0 spiro atoms. The van der Waals surface area contributed by atoms with Gasteiger partial charge in [-0.3, -0.25) is 9.80 Å². The van der Waals surface area contributed by atoms with Crippen molar-refractivity contribution >= 4 is 11.8 Å². The third kappa shape index (κ3) is 2.63. The van der Waals surface area contributed by atoms with Crippen LogP contribution in [-0.2, 0) is 0 Å². The Kier molecular flexibility index (Phi) is 4.10. The zero-order valence-electron chi connectivity index (χ0n) is 8.82. The van der Waals surface area contributed by atoms with Gasteiger partial charge < -0.3 is 5.73 Å². The monoisotopic (exact) mass is 215 g/mol. The molecule has 2 N–H and O–H groups in total. The molecule has 0 aromatic carbocycles. The van der Waals surface area contributed by atoms with E-state index < -0.39 is 0 Å². The van der Waals surface area contributed by atoms with E-state index in [4.69, 9.17) is 5.73 Å². The van der Waals surface area contributed by atoms with Gasteiger partial charge in [-0.2, -0.15) is 11.8 Å². The second kappa shape index (κ2) is 5.35. The Morgan fingerprint density at radius 1 is 1.21 bits per heavy atom. The molecular weight excluding hydrogens is 194 g/mol. The topological polar surface area (TPSA) is 32.5 Å². The smallest absolute Gasteiger partial charge is 0.0195 e. The fourth-order valence-corrected chi connectivity index (χ4v) is 3.60. The fourth-order valence-electron chi connectivity index (χ4n) is 2.34. The van der Waals surface area contributed by atoms with Crippen LogP contribution in [0.4, 0.5) is 0 Å². The minimum Gasteiger partial charge on any atom is -0.329 e. The number of nitrogens with zero attached hydrogens (tertiary/aromatic N) is 2. The maximum absolute atomic E-state index is 5.56. The van der Waals surface area contributed by atoms with Crippen molar-refractivity contribution in [1.29, 1.82) is 0 Å². The summed E-state index contributed by atoms with van der Waals surface area (Å²) in [6.07, 6.45) is 1.40. The Bertz CT molecular complexity index is 163. The van der Waals surface area contributed by atoms with Crippen molar-refractivity contribution in [1.82, 2.24) is 9.80 Å². The van der Waals surface area contributed by atoms with Gasteiger partial charge in [-0.05, 0) is 12.2 Å². The third-order valence-electron chi connectivity index (χ3n) is 3.27. The van der Waals surface area contributed by atoms with Gasteiger partial charge in [0, 0.05) is 51.1 Å². The predicted molar refractivity (Wildman–Crippen MR) is 62.8 cm³/mol. The Morgan fingerprint density at radius 2 is 2.00 bits per heavy atom. The van der Waals surface area contributed by atoms with Gasteiger partial charge in [-0.1, -0.05) is 0 Å². The van der Waals surface area contributed by atoms with E-state index in [1.165, 1.54) is 44.1 Å². The SMILES string of the molecule is NCCN1CCN([C@@H]2CCSC2)CC1. The summed E-state index contributed by atoms with van der Waals surface area (Å²) >= 11 is 2.11. The van der Waals surface area contributed by atoms with E-state index >= 15 is 0 Å². The number of nitrogens with two attached hydrogens (primary N) is 1. The maximum Gasteiger partial charge on any atom is 0.0195 e. The molecule has 1 atom stereocenters. The average Bonchev–Trinajstić information content (AvgIpc) is 2.72. The molecule has 0 aliphatic carbocycles. The van der Waals surface area contributed by atoms with Crippen molar-refractivity contribution in [3.8, 4) is 0 Å². The van der Waals surface area contributed by atoms with Crippen molar-refractivity contribution in [3.05, 3.63) is 0 Å². The summed E-state index contributed by atoms with van der Waals surface area (Å²) < 4.78 is 0. The van der Waals surface area contributed by atoms with E-state index in [1.807, 2.05) is 0 Å². The molecule has 2 aliphatic heterocycles. The minimum atomic E-state index is 0.805. The number of hydrogen-bond donors (Lipinski definition) is 1. The maximum atomic E-state index is 5.56. The van der Waals surface area contributed by atoms with E-state index in [2.05, 4.69) is 21.6 Å². The quantitative estimate of drug-likeness (QED) is 0.722. The lowest BCUT2D eigenvalue weighted by Gasteiger charge is -2.37. The summed E-state index contributed by atoms with van der Waals surface area (Å²) in [5.74, 6) is 2.73. The largest absolute Gasteiger partial charge is 0.329 e. The minimum absolute atomic E-state index is 0.805. The van der Waals surface area contributed by atoms with E-state index in [-0.39, 0.29) is 0 Å². The van der Waals surface area contributed by atoms with Crippen LogP contribution < -0.4 is 5.73 Å². The zero-order chi connectivity index (χ0) is 9.80. The van der Waals surface area contributed by atoms with Crippen LogP contribution in [-0.4, -0.2) is 66.6 Å². The van der Waals surface area contributed by atoms with Crippen LogP contribution in [0.3, 0.4) is 0 Å². The van der Waals surface area contributed by atoms with Gasteiger partial charge in [0.25, 0.3) is 0 Å². The fraction of sp³-hybridized carbons (Fsp3) is 1.00. The van der Waals surface area contributed by atoms with Gasteiger partial charge in [0.2, 0.25) is 0 Å². The molecule has 4 heteroatoms. The molecule has 0 unspecified atom stereocenters. The van der Waals surface area contributed by atoms with E-state index in [1.54, 1.807) is 0 Å². The second-order valence-corrected chi connectivity index (χ2v) is 5.33. The van der Waals surface area contributed by atoms with E-state index in [0.29, 0.717) is 0 Å². The van der Waals surface area contributed by atoms with Crippen molar-refractivity contribution in [2.24, 2.45) is 5.73 Å². The van der Waals surface area contributed by atoms with Crippen LogP contribution in [0.1, 0.15) is 6.42 Å². The molecule has 2 fully saturated rings. The standard InChI is InChI=1S/C10H21N3S/c11-2-3-12-4-6-13(7-5-12)10-1-8-14-9-10/h10H,1-9,11H2/t10-/m1/s1. The van der Waals surface area contributed by atoms with Gasteiger partial charge >= 0.3 is 0 Å². The van der Waals surface area contributed by atoms with Crippen molar-refractivity contribution in [2.75, 3.05) is 50.8 Å². The molecule has 2 saturated heterocycles. The van der Waals surface area contributed by atoms with Crippen molar-refractivity contribution < 1.29 is 0 Å². The van der Waals surface area contributed by atoms with Crippen LogP contribution in [0.2, 0.25) is 0 Å². The number of thioether (sulfide) groups is 1. The Hall–Kier alpha value is 0.230. The lowest BCUT2D eigenvalue weighted by atomic mass is 10.2. The van der Waals surface area contributed by atoms with E-state index in [0.717, 1.165) is 19.1 Å². The average molecular weight is 215 g/mol. The summed E-state index contributed by atoms with van der Waals surface area (Å²) in [6.45, 7) is 6.83. The summed E-state index contributed by atoms with van der Waals surface area (Å²) in [4.78, 5) is 5.16. The van der Waals surface area contributed by atoms with Gasteiger partial charge in [0.1, 0.15) is 0 Å². The molecule has 82 valence electrons.